The van der Waals surface area contributed by atoms with E-state index >= 15 is 0 Å². The highest BCUT2D eigenvalue weighted by molar-refractivity contribution is 14.1. The van der Waals surface area contributed by atoms with E-state index in [-0.39, 0.29) is 30.9 Å². The van der Waals surface area contributed by atoms with Crippen molar-refractivity contribution in [3.63, 3.8) is 0 Å². The fourth-order valence-corrected chi connectivity index (χ4v) is 3.01. The number of halogens is 1. The first-order valence-corrected chi connectivity index (χ1v) is 7.21. The molecule has 2 N–H and O–H groups in total. The minimum Gasteiger partial charge on any atom is -0.505 e. The minimum atomic E-state index is -4.45. The van der Waals surface area contributed by atoms with E-state index in [1.165, 1.54) is 12.1 Å². The summed E-state index contributed by atoms with van der Waals surface area (Å²) in [4.78, 5) is 6.03. The zero-order valence-corrected chi connectivity index (χ0v) is 12.0. The Bertz CT molecular complexity index is 830. The second kappa shape index (κ2) is 4.81. The molecule has 0 spiro atoms. The maximum absolute atomic E-state index is 11.3. The average molecular weight is 392 g/mol. The van der Waals surface area contributed by atoms with E-state index in [0.717, 1.165) is 6.07 Å². The van der Waals surface area contributed by atoms with Gasteiger partial charge in [0.25, 0.3) is 10.1 Å². The summed E-state index contributed by atoms with van der Waals surface area (Å²) in [6, 6.07) is 3.71. The largest absolute Gasteiger partial charge is 0.505 e. The normalized spacial score (nSPS) is 11.3. The zero-order chi connectivity index (χ0) is 14.2. The highest BCUT2D eigenvalue weighted by Gasteiger charge is 2.19. The Morgan fingerprint density at radius 3 is 2.68 bits per heavy atom. The van der Waals surface area contributed by atoms with E-state index < -0.39 is 10.1 Å². The highest BCUT2D eigenvalue weighted by Crippen LogP contribution is 2.34. The number of hydrogen-bond donors (Lipinski definition) is 2. The molecule has 1 heterocycles. The molecule has 0 saturated carbocycles. The topological polar surface area (TPSA) is 136 Å². The van der Waals surface area contributed by atoms with Crippen molar-refractivity contribution in [3.05, 3.63) is 32.2 Å². The van der Waals surface area contributed by atoms with E-state index in [2.05, 4.69) is 15.0 Å². The number of aromatic hydroxyl groups is 1. The Morgan fingerprint density at radius 2 is 2.11 bits per heavy atom. The standard InChI is InChI=1S/C9H5IN4O4S/c10-5-3-6(19(16,17)18)4-1-2-7(13-14-11)12-8(4)9(5)15/h1-3,15H,(H,16,17,18). The molecule has 0 unspecified atom stereocenters. The van der Waals surface area contributed by atoms with Gasteiger partial charge in [-0.15, -0.1) is 0 Å². The predicted octanol–water partition coefficient (Wildman–Crippen LogP) is 2.73. The van der Waals surface area contributed by atoms with Crippen LogP contribution in [-0.4, -0.2) is 23.1 Å². The van der Waals surface area contributed by atoms with Crippen LogP contribution in [-0.2, 0) is 10.1 Å². The molecule has 2 aromatic rings. The molecule has 0 aliphatic carbocycles. The maximum Gasteiger partial charge on any atom is 0.295 e. The van der Waals surface area contributed by atoms with Crippen molar-refractivity contribution in [2.45, 2.75) is 4.90 Å². The lowest BCUT2D eigenvalue weighted by Gasteiger charge is -2.07. The van der Waals surface area contributed by atoms with Crippen LogP contribution in [0.2, 0.25) is 0 Å². The molecule has 0 atom stereocenters. The fourth-order valence-electron chi connectivity index (χ4n) is 1.52. The number of pyridine rings is 1. The van der Waals surface area contributed by atoms with Gasteiger partial charge in [0.05, 0.1) is 3.57 Å². The number of rotatable bonds is 2. The summed E-state index contributed by atoms with van der Waals surface area (Å²) >= 11 is 1.70. The molecule has 0 amide bonds. The zero-order valence-electron chi connectivity index (χ0n) is 9.02. The molecule has 0 radical (unpaired) electrons. The molecule has 0 aliphatic rings. The molecule has 2 rings (SSSR count). The van der Waals surface area contributed by atoms with Gasteiger partial charge >= 0.3 is 0 Å². The Hall–Kier alpha value is -1.62. The van der Waals surface area contributed by atoms with Gasteiger partial charge in [-0.1, -0.05) is 0 Å². The lowest BCUT2D eigenvalue weighted by Crippen LogP contribution is -2.00. The summed E-state index contributed by atoms with van der Waals surface area (Å²) in [5.41, 5.74) is 8.25. The fraction of sp³-hybridized carbons (Fsp3) is 0. The summed E-state index contributed by atoms with van der Waals surface area (Å²) in [6.07, 6.45) is 0. The van der Waals surface area contributed by atoms with Crippen molar-refractivity contribution in [1.82, 2.24) is 4.98 Å². The lowest BCUT2D eigenvalue weighted by molar-refractivity contribution is 0.474. The van der Waals surface area contributed by atoms with Crippen molar-refractivity contribution in [3.8, 4) is 5.75 Å². The summed E-state index contributed by atoms with van der Waals surface area (Å²) in [5.74, 6) is -0.272. The molecule has 98 valence electrons. The molecule has 1 aromatic carbocycles. The van der Waals surface area contributed by atoms with Gasteiger partial charge in [0.15, 0.2) is 5.75 Å². The molecule has 8 nitrogen and oxygen atoms in total. The van der Waals surface area contributed by atoms with Crippen molar-refractivity contribution < 1.29 is 18.1 Å². The predicted molar refractivity (Wildman–Crippen MR) is 74.7 cm³/mol. The van der Waals surface area contributed by atoms with Crippen LogP contribution in [0.25, 0.3) is 21.3 Å². The molecule has 0 bridgehead atoms. The van der Waals surface area contributed by atoms with Gasteiger partial charge in [-0.05, 0) is 51.4 Å². The Labute approximate surface area is 120 Å². The Kier molecular flexibility index (Phi) is 3.49. The Balaban J connectivity index is 2.96. The molecule has 10 heteroatoms. The maximum atomic E-state index is 11.3. The van der Waals surface area contributed by atoms with Crippen LogP contribution in [0.15, 0.2) is 28.2 Å². The van der Waals surface area contributed by atoms with Crippen LogP contribution in [0, 0.1) is 3.57 Å². The monoisotopic (exact) mass is 392 g/mol. The number of phenols is 1. The van der Waals surface area contributed by atoms with Gasteiger partial charge in [-0.25, -0.2) is 4.98 Å². The summed E-state index contributed by atoms with van der Waals surface area (Å²) in [5, 5.41) is 13.2. The summed E-state index contributed by atoms with van der Waals surface area (Å²) in [7, 11) is -4.45. The number of phenolic OH excluding ortho intramolecular Hbond substituents is 1. The van der Waals surface area contributed by atoms with E-state index in [1.54, 1.807) is 22.6 Å². The van der Waals surface area contributed by atoms with E-state index in [9.17, 15) is 13.5 Å². The van der Waals surface area contributed by atoms with Gasteiger partial charge in [0, 0.05) is 10.3 Å². The van der Waals surface area contributed by atoms with Crippen LogP contribution >= 0.6 is 22.6 Å². The van der Waals surface area contributed by atoms with Gasteiger partial charge < -0.3 is 5.11 Å². The third-order valence-corrected chi connectivity index (χ3v) is 4.00. The first-order valence-electron chi connectivity index (χ1n) is 4.69. The van der Waals surface area contributed by atoms with Crippen LogP contribution in [0.1, 0.15) is 0 Å². The molecule has 0 fully saturated rings. The molecule has 1 aromatic heterocycles. The number of aromatic nitrogens is 1. The average Bonchev–Trinajstić information content (AvgIpc) is 2.33. The number of fused-ring (bicyclic) bond motifs is 1. The van der Waals surface area contributed by atoms with E-state index in [4.69, 9.17) is 10.1 Å². The Morgan fingerprint density at radius 1 is 1.42 bits per heavy atom. The van der Waals surface area contributed by atoms with Crippen LogP contribution in [0.3, 0.4) is 0 Å². The lowest BCUT2D eigenvalue weighted by atomic mass is 10.2. The van der Waals surface area contributed by atoms with Gasteiger partial charge in [-0.2, -0.15) is 8.42 Å². The van der Waals surface area contributed by atoms with Gasteiger partial charge in [0.2, 0.25) is 0 Å². The number of azide groups is 1. The molecular formula is C9H5IN4O4S. The number of hydrogen-bond acceptors (Lipinski definition) is 5. The van der Waals surface area contributed by atoms with Crippen molar-refractivity contribution in [2.24, 2.45) is 5.11 Å². The summed E-state index contributed by atoms with van der Waals surface area (Å²) in [6.45, 7) is 0. The second-order valence-electron chi connectivity index (χ2n) is 3.44. The molecule has 0 aliphatic heterocycles. The molecule has 19 heavy (non-hydrogen) atoms. The molecular weight excluding hydrogens is 387 g/mol. The summed E-state index contributed by atoms with van der Waals surface area (Å²) < 4.78 is 31.9. The van der Waals surface area contributed by atoms with Crippen molar-refractivity contribution in [2.75, 3.05) is 0 Å². The third kappa shape index (κ3) is 2.56. The first kappa shape index (κ1) is 13.8. The third-order valence-electron chi connectivity index (χ3n) is 2.28. The second-order valence-corrected chi connectivity index (χ2v) is 5.99. The van der Waals surface area contributed by atoms with Crippen LogP contribution < -0.4 is 0 Å². The smallest absolute Gasteiger partial charge is 0.295 e. The van der Waals surface area contributed by atoms with Crippen molar-refractivity contribution in [1.29, 1.82) is 0 Å². The number of benzene rings is 1. The number of nitrogens with zero attached hydrogens (tertiary/aromatic N) is 4. The van der Waals surface area contributed by atoms with Gasteiger partial charge in [-0.3, -0.25) is 4.55 Å². The van der Waals surface area contributed by atoms with E-state index in [0.29, 0.717) is 0 Å². The van der Waals surface area contributed by atoms with Crippen LogP contribution in [0.4, 0.5) is 5.82 Å². The highest BCUT2D eigenvalue weighted by atomic mass is 127. The van der Waals surface area contributed by atoms with Crippen molar-refractivity contribution >= 4 is 49.4 Å². The SMILES string of the molecule is [N-]=[N+]=Nc1ccc2c(S(=O)(=O)O)cc(I)c(O)c2n1. The van der Waals surface area contributed by atoms with E-state index in [1.807, 2.05) is 0 Å². The quantitative estimate of drug-likeness (QED) is 0.266. The molecule has 0 saturated heterocycles. The van der Waals surface area contributed by atoms with Gasteiger partial charge in [0.1, 0.15) is 16.2 Å². The van der Waals surface area contributed by atoms with Crippen LogP contribution in [0.5, 0.6) is 5.75 Å². The first-order chi connectivity index (χ1) is 8.84. The minimum absolute atomic E-state index is 0.0198.